The summed E-state index contributed by atoms with van der Waals surface area (Å²) in [5.74, 6) is 1.39. The topological polar surface area (TPSA) is 51.0 Å². The number of carbonyl (C=O) groups excluding carboxylic acids is 1. The molecule has 0 spiro atoms. The highest BCUT2D eigenvalue weighted by Gasteiger charge is 2.26. The van der Waals surface area contributed by atoms with Crippen LogP contribution in [0.2, 0.25) is 0 Å². The van der Waals surface area contributed by atoms with Crippen LogP contribution in [-0.4, -0.2) is 32.1 Å². The number of carbonyl (C=O) groups is 1. The van der Waals surface area contributed by atoms with Crippen LogP contribution >= 0.6 is 11.3 Å². The molecule has 0 bridgehead atoms. The summed E-state index contributed by atoms with van der Waals surface area (Å²) < 4.78 is 15.2. The first-order valence-electron chi connectivity index (χ1n) is 7.65. The Hall–Kier alpha value is -2.54. The van der Waals surface area contributed by atoms with Gasteiger partial charge in [-0.1, -0.05) is 12.1 Å². The predicted octanol–water partition coefficient (Wildman–Crippen LogP) is 3.11. The van der Waals surface area contributed by atoms with Crippen LogP contribution in [0.1, 0.15) is 21.3 Å². The van der Waals surface area contributed by atoms with Crippen molar-refractivity contribution < 1.29 is 9.18 Å². The van der Waals surface area contributed by atoms with Gasteiger partial charge in [-0.15, -0.1) is 21.5 Å². The molecule has 1 aliphatic rings. The number of nitrogens with zero attached hydrogens (tertiary/aromatic N) is 4. The maximum atomic E-state index is 13.1. The van der Waals surface area contributed by atoms with Crippen molar-refractivity contribution in [3.05, 3.63) is 58.1 Å². The molecule has 1 amide bonds. The van der Waals surface area contributed by atoms with Gasteiger partial charge < -0.3 is 9.47 Å². The first-order chi connectivity index (χ1) is 11.6. The Balaban J connectivity index is 1.62. The molecular formula is C17H15FN4OS. The molecule has 3 heterocycles. The third-order valence-electron chi connectivity index (χ3n) is 4.24. The second-order valence-corrected chi connectivity index (χ2v) is 6.63. The summed E-state index contributed by atoms with van der Waals surface area (Å²) in [4.78, 5) is 15.4. The molecule has 0 atom stereocenters. The minimum atomic E-state index is -0.285. The van der Waals surface area contributed by atoms with Crippen LogP contribution < -0.4 is 0 Å². The molecule has 4 rings (SSSR count). The minimum absolute atomic E-state index is 0.0174. The molecule has 3 aromatic rings. The van der Waals surface area contributed by atoms with Crippen LogP contribution in [0.15, 0.2) is 35.7 Å². The fraction of sp³-hybridized carbons (Fsp3) is 0.235. The molecule has 0 unspecified atom stereocenters. The highest BCUT2D eigenvalue weighted by molar-refractivity contribution is 7.12. The standard InChI is InChI=1S/C17H15FN4OS/c1-11-19-20-15-10-21(7-8-22(11)15)17(23)16-14(6-9-24-16)12-2-4-13(18)5-3-12/h2-6,9H,7-8,10H2,1H3. The maximum Gasteiger partial charge on any atom is 0.265 e. The number of amides is 1. The third kappa shape index (κ3) is 2.50. The zero-order valence-electron chi connectivity index (χ0n) is 13.1. The zero-order chi connectivity index (χ0) is 16.7. The van der Waals surface area contributed by atoms with Crippen molar-refractivity contribution in [1.29, 1.82) is 0 Å². The molecule has 2 aromatic heterocycles. The van der Waals surface area contributed by atoms with E-state index in [1.165, 1.54) is 23.5 Å². The van der Waals surface area contributed by atoms with Gasteiger partial charge in [0.15, 0.2) is 5.82 Å². The third-order valence-corrected chi connectivity index (χ3v) is 5.14. The lowest BCUT2D eigenvalue weighted by molar-refractivity contribution is 0.0712. The summed E-state index contributed by atoms with van der Waals surface area (Å²) in [6, 6.07) is 8.12. The average Bonchev–Trinajstić information content (AvgIpc) is 3.22. The van der Waals surface area contributed by atoms with Crippen molar-refractivity contribution in [3.8, 4) is 11.1 Å². The van der Waals surface area contributed by atoms with E-state index in [0.29, 0.717) is 24.5 Å². The lowest BCUT2D eigenvalue weighted by atomic mass is 10.1. The molecule has 1 aliphatic heterocycles. The van der Waals surface area contributed by atoms with Gasteiger partial charge in [0, 0.05) is 18.7 Å². The molecule has 5 nitrogen and oxygen atoms in total. The summed E-state index contributed by atoms with van der Waals surface area (Å²) >= 11 is 1.41. The number of aromatic nitrogens is 3. The van der Waals surface area contributed by atoms with Crippen LogP contribution in [-0.2, 0) is 13.1 Å². The van der Waals surface area contributed by atoms with Gasteiger partial charge in [0.05, 0.1) is 11.4 Å². The van der Waals surface area contributed by atoms with Gasteiger partial charge in [-0.05, 0) is 36.1 Å². The fourth-order valence-electron chi connectivity index (χ4n) is 2.95. The van der Waals surface area contributed by atoms with Gasteiger partial charge in [-0.3, -0.25) is 4.79 Å². The van der Waals surface area contributed by atoms with Crippen molar-refractivity contribution in [2.24, 2.45) is 0 Å². The van der Waals surface area contributed by atoms with Crippen molar-refractivity contribution in [3.63, 3.8) is 0 Å². The number of halogens is 1. The Kier molecular flexibility index (Phi) is 3.65. The Morgan fingerprint density at radius 2 is 1.96 bits per heavy atom. The van der Waals surface area contributed by atoms with E-state index in [1.807, 2.05) is 22.9 Å². The lowest BCUT2D eigenvalue weighted by Gasteiger charge is -2.27. The number of rotatable bonds is 2. The number of fused-ring (bicyclic) bond motifs is 1. The van der Waals surface area contributed by atoms with E-state index >= 15 is 0 Å². The number of aryl methyl sites for hydroxylation is 1. The van der Waals surface area contributed by atoms with E-state index in [-0.39, 0.29) is 11.7 Å². The minimum Gasteiger partial charge on any atom is -0.329 e. The molecule has 0 aliphatic carbocycles. The molecule has 7 heteroatoms. The second-order valence-electron chi connectivity index (χ2n) is 5.71. The van der Waals surface area contributed by atoms with Crippen LogP contribution in [0.25, 0.3) is 11.1 Å². The van der Waals surface area contributed by atoms with Crippen LogP contribution in [0.5, 0.6) is 0 Å². The predicted molar refractivity (Wildman–Crippen MR) is 89.2 cm³/mol. The summed E-state index contributed by atoms with van der Waals surface area (Å²) in [5, 5.41) is 10.1. The number of benzene rings is 1. The second kappa shape index (κ2) is 5.83. The van der Waals surface area contributed by atoms with Crippen molar-refractivity contribution >= 4 is 17.2 Å². The van der Waals surface area contributed by atoms with E-state index in [0.717, 1.165) is 22.8 Å². The molecule has 0 saturated carbocycles. The number of thiophene rings is 1. The SMILES string of the molecule is Cc1nnc2n1CCN(C(=O)c1sccc1-c1ccc(F)cc1)C2. The van der Waals surface area contributed by atoms with Gasteiger partial charge in [-0.25, -0.2) is 4.39 Å². The van der Waals surface area contributed by atoms with E-state index < -0.39 is 0 Å². The molecule has 24 heavy (non-hydrogen) atoms. The van der Waals surface area contributed by atoms with E-state index in [9.17, 15) is 9.18 Å². The molecule has 1 aromatic carbocycles. The maximum absolute atomic E-state index is 13.1. The van der Waals surface area contributed by atoms with Gasteiger partial charge in [-0.2, -0.15) is 0 Å². The van der Waals surface area contributed by atoms with Gasteiger partial charge in [0.1, 0.15) is 11.6 Å². The highest BCUT2D eigenvalue weighted by atomic mass is 32.1. The number of hydrogen-bond donors (Lipinski definition) is 0. The fourth-order valence-corrected chi connectivity index (χ4v) is 3.83. The van der Waals surface area contributed by atoms with E-state index in [2.05, 4.69) is 10.2 Å². The monoisotopic (exact) mass is 342 g/mol. The summed E-state index contributed by atoms with van der Waals surface area (Å²) in [7, 11) is 0. The quantitative estimate of drug-likeness (QED) is 0.719. The van der Waals surface area contributed by atoms with Gasteiger partial charge in [0.2, 0.25) is 0 Å². The van der Waals surface area contributed by atoms with Crippen molar-refractivity contribution in [2.45, 2.75) is 20.0 Å². The largest absolute Gasteiger partial charge is 0.329 e. The zero-order valence-corrected chi connectivity index (χ0v) is 13.9. The Morgan fingerprint density at radius 1 is 1.17 bits per heavy atom. The average molecular weight is 342 g/mol. The van der Waals surface area contributed by atoms with Crippen LogP contribution in [0.3, 0.4) is 0 Å². The van der Waals surface area contributed by atoms with Gasteiger partial charge in [0.25, 0.3) is 5.91 Å². The van der Waals surface area contributed by atoms with E-state index in [1.54, 1.807) is 17.0 Å². The molecular weight excluding hydrogens is 327 g/mol. The number of hydrogen-bond acceptors (Lipinski definition) is 4. The Morgan fingerprint density at radius 3 is 2.75 bits per heavy atom. The highest BCUT2D eigenvalue weighted by Crippen LogP contribution is 2.30. The molecule has 122 valence electrons. The first kappa shape index (κ1) is 15.0. The molecule has 0 fully saturated rings. The van der Waals surface area contributed by atoms with Crippen LogP contribution in [0.4, 0.5) is 4.39 Å². The summed E-state index contributed by atoms with van der Waals surface area (Å²) in [6.45, 7) is 3.71. The van der Waals surface area contributed by atoms with Gasteiger partial charge >= 0.3 is 0 Å². The Labute approximate surface area is 142 Å². The van der Waals surface area contributed by atoms with Crippen molar-refractivity contribution in [2.75, 3.05) is 6.54 Å². The van der Waals surface area contributed by atoms with Crippen LogP contribution in [0, 0.1) is 12.7 Å². The Bertz CT molecular complexity index is 900. The lowest BCUT2D eigenvalue weighted by Crippen LogP contribution is -2.38. The molecule has 0 N–H and O–H groups in total. The molecule has 0 radical (unpaired) electrons. The normalized spacial score (nSPS) is 13.8. The summed E-state index contributed by atoms with van der Waals surface area (Å²) in [5.41, 5.74) is 1.69. The first-order valence-corrected chi connectivity index (χ1v) is 8.53. The van der Waals surface area contributed by atoms with E-state index in [4.69, 9.17) is 0 Å². The summed E-state index contributed by atoms with van der Waals surface area (Å²) in [6.07, 6.45) is 0. The molecule has 0 saturated heterocycles. The van der Waals surface area contributed by atoms with Crippen molar-refractivity contribution in [1.82, 2.24) is 19.7 Å². The smallest absolute Gasteiger partial charge is 0.265 e.